The molecule has 1 aromatic rings. The number of nitrogens with one attached hydrogen (secondary N) is 1. The van der Waals surface area contributed by atoms with Gasteiger partial charge in [-0.05, 0) is 37.5 Å². The molecule has 1 aromatic carbocycles. The number of phenols is 1. The SMILES string of the molecule is CC1(NCc2ccc(O)c(F)c2)CCCOC1. The van der Waals surface area contributed by atoms with E-state index >= 15 is 0 Å². The third-order valence-corrected chi connectivity index (χ3v) is 3.17. The Morgan fingerprint density at radius 3 is 3.00 bits per heavy atom. The molecule has 0 aliphatic carbocycles. The molecular weight excluding hydrogens is 221 g/mol. The Kier molecular flexibility index (Phi) is 3.64. The Labute approximate surface area is 101 Å². The molecule has 94 valence electrons. The van der Waals surface area contributed by atoms with E-state index in [1.165, 1.54) is 12.1 Å². The van der Waals surface area contributed by atoms with Crippen LogP contribution in [-0.2, 0) is 11.3 Å². The fourth-order valence-corrected chi connectivity index (χ4v) is 2.05. The smallest absolute Gasteiger partial charge is 0.165 e. The van der Waals surface area contributed by atoms with Gasteiger partial charge in [0.25, 0.3) is 0 Å². The summed E-state index contributed by atoms with van der Waals surface area (Å²) < 4.78 is 18.6. The van der Waals surface area contributed by atoms with Gasteiger partial charge in [-0.25, -0.2) is 4.39 Å². The minimum Gasteiger partial charge on any atom is -0.505 e. The zero-order valence-corrected chi connectivity index (χ0v) is 10.0. The van der Waals surface area contributed by atoms with Crippen LogP contribution in [0.3, 0.4) is 0 Å². The normalized spacial score (nSPS) is 24.8. The number of ether oxygens (including phenoxy) is 1. The molecule has 0 amide bonds. The molecule has 0 radical (unpaired) electrons. The monoisotopic (exact) mass is 239 g/mol. The quantitative estimate of drug-likeness (QED) is 0.849. The van der Waals surface area contributed by atoms with Gasteiger partial charge < -0.3 is 15.2 Å². The van der Waals surface area contributed by atoms with Gasteiger partial charge in [-0.1, -0.05) is 6.07 Å². The van der Waals surface area contributed by atoms with Gasteiger partial charge in [0.1, 0.15) is 0 Å². The first-order valence-electron chi connectivity index (χ1n) is 5.89. The third kappa shape index (κ3) is 3.17. The maximum Gasteiger partial charge on any atom is 0.165 e. The van der Waals surface area contributed by atoms with E-state index in [0.29, 0.717) is 13.2 Å². The first-order valence-corrected chi connectivity index (χ1v) is 5.89. The third-order valence-electron chi connectivity index (χ3n) is 3.17. The molecule has 0 aromatic heterocycles. The number of halogens is 1. The molecule has 1 saturated heterocycles. The van der Waals surface area contributed by atoms with Crippen molar-refractivity contribution in [2.24, 2.45) is 0 Å². The van der Waals surface area contributed by atoms with Crippen LogP contribution >= 0.6 is 0 Å². The second-order valence-electron chi connectivity index (χ2n) is 4.86. The van der Waals surface area contributed by atoms with Crippen molar-refractivity contribution >= 4 is 0 Å². The number of benzene rings is 1. The lowest BCUT2D eigenvalue weighted by molar-refractivity contribution is 0.0278. The van der Waals surface area contributed by atoms with Crippen LogP contribution < -0.4 is 5.32 Å². The molecule has 0 saturated carbocycles. The topological polar surface area (TPSA) is 41.5 Å². The van der Waals surface area contributed by atoms with E-state index in [1.807, 2.05) is 0 Å². The molecule has 1 unspecified atom stereocenters. The first-order chi connectivity index (χ1) is 8.09. The van der Waals surface area contributed by atoms with Gasteiger partial charge >= 0.3 is 0 Å². The Hall–Kier alpha value is -1.13. The lowest BCUT2D eigenvalue weighted by Gasteiger charge is -2.34. The van der Waals surface area contributed by atoms with Crippen molar-refractivity contribution in [2.75, 3.05) is 13.2 Å². The van der Waals surface area contributed by atoms with Gasteiger partial charge in [0.05, 0.1) is 6.61 Å². The van der Waals surface area contributed by atoms with Gasteiger partial charge in [-0.3, -0.25) is 0 Å². The minimum atomic E-state index is -0.575. The van der Waals surface area contributed by atoms with E-state index in [1.54, 1.807) is 6.07 Å². The van der Waals surface area contributed by atoms with Crippen LogP contribution in [-0.4, -0.2) is 23.9 Å². The van der Waals surface area contributed by atoms with Crippen molar-refractivity contribution in [1.82, 2.24) is 5.32 Å². The summed E-state index contributed by atoms with van der Waals surface area (Å²) in [5, 5.41) is 12.5. The number of hydrogen-bond acceptors (Lipinski definition) is 3. The molecule has 17 heavy (non-hydrogen) atoms. The maximum absolute atomic E-state index is 13.1. The largest absolute Gasteiger partial charge is 0.505 e. The molecule has 1 fully saturated rings. The molecule has 0 spiro atoms. The van der Waals surface area contributed by atoms with Gasteiger partial charge in [0.15, 0.2) is 11.6 Å². The fourth-order valence-electron chi connectivity index (χ4n) is 2.05. The zero-order valence-electron chi connectivity index (χ0n) is 10.0. The lowest BCUT2D eigenvalue weighted by Crippen LogP contribution is -2.48. The van der Waals surface area contributed by atoms with Crippen LogP contribution in [0.2, 0.25) is 0 Å². The van der Waals surface area contributed by atoms with Crippen molar-refractivity contribution in [2.45, 2.75) is 31.8 Å². The molecule has 1 aliphatic heterocycles. The van der Waals surface area contributed by atoms with Crippen LogP contribution in [0.1, 0.15) is 25.3 Å². The van der Waals surface area contributed by atoms with E-state index in [0.717, 1.165) is 25.0 Å². The van der Waals surface area contributed by atoms with Crippen molar-refractivity contribution in [3.63, 3.8) is 0 Å². The number of rotatable bonds is 3. The van der Waals surface area contributed by atoms with Crippen LogP contribution in [0.5, 0.6) is 5.75 Å². The summed E-state index contributed by atoms with van der Waals surface area (Å²) in [4.78, 5) is 0. The van der Waals surface area contributed by atoms with Crippen molar-refractivity contribution in [3.8, 4) is 5.75 Å². The minimum absolute atomic E-state index is 0.0351. The van der Waals surface area contributed by atoms with Crippen LogP contribution in [0.25, 0.3) is 0 Å². The molecule has 2 rings (SSSR count). The predicted molar refractivity (Wildman–Crippen MR) is 63.4 cm³/mol. The summed E-state index contributed by atoms with van der Waals surface area (Å²) in [6.45, 7) is 4.21. The van der Waals surface area contributed by atoms with E-state index in [2.05, 4.69) is 12.2 Å². The van der Waals surface area contributed by atoms with Gasteiger partial charge in [-0.2, -0.15) is 0 Å². The van der Waals surface area contributed by atoms with Crippen LogP contribution in [0.4, 0.5) is 4.39 Å². The highest BCUT2D eigenvalue weighted by Gasteiger charge is 2.26. The van der Waals surface area contributed by atoms with Gasteiger partial charge in [0, 0.05) is 18.7 Å². The number of phenolic OH excluding ortho intramolecular Hbond substituents is 1. The highest BCUT2D eigenvalue weighted by molar-refractivity contribution is 5.28. The lowest BCUT2D eigenvalue weighted by atomic mass is 9.94. The Balaban J connectivity index is 1.94. The van der Waals surface area contributed by atoms with E-state index in [9.17, 15) is 4.39 Å². The molecule has 2 N–H and O–H groups in total. The highest BCUT2D eigenvalue weighted by atomic mass is 19.1. The van der Waals surface area contributed by atoms with E-state index in [-0.39, 0.29) is 11.3 Å². The van der Waals surface area contributed by atoms with Crippen molar-refractivity contribution in [3.05, 3.63) is 29.6 Å². The highest BCUT2D eigenvalue weighted by Crippen LogP contribution is 2.20. The second-order valence-corrected chi connectivity index (χ2v) is 4.86. The van der Waals surface area contributed by atoms with Gasteiger partial charge in [0.2, 0.25) is 0 Å². The summed E-state index contributed by atoms with van der Waals surface area (Å²) in [5.74, 6) is -0.879. The number of hydrogen-bond donors (Lipinski definition) is 2. The summed E-state index contributed by atoms with van der Waals surface area (Å²) in [5.41, 5.74) is 0.791. The summed E-state index contributed by atoms with van der Waals surface area (Å²) in [7, 11) is 0. The van der Waals surface area contributed by atoms with Crippen molar-refractivity contribution < 1.29 is 14.2 Å². The van der Waals surface area contributed by atoms with Crippen LogP contribution in [0, 0.1) is 5.82 Å². The standard InChI is InChI=1S/C13H18FNO2/c1-13(5-2-6-17-9-13)15-8-10-3-4-12(16)11(14)7-10/h3-4,7,15-16H,2,5-6,8-9H2,1H3. The molecule has 1 aliphatic rings. The predicted octanol–water partition coefficient (Wildman–Crippen LogP) is 2.19. The first kappa shape index (κ1) is 12.3. The fraction of sp³-hybridized carbons (Fsp3) is 0.538. The maximum atomic E-state index is 13.1. The Morgan fingerprint density at radius 2 is 2.35 bits per heavy atom. The molecule has 0 bridgehead atoms. The zero-order chi connectivity index (χ0) is 12.3. The Bertz CT molecular complexity index is 389. The van der Waals surface area contributed by atoms with Gasteiger partial charge in [-0.15, -0.1) is 0 Å². The molecule has 1 atom stereocenters. The molecule has 3 nitrogen and oxygen atoms in total. The van der Waals surface area contributed by atoms with Crippen molar-refractivity contribution in [1.29, 1.82) is 0 Å². The van der Waals surface area contributed by atoms with Crippen LogP contribution in [0.15, 0.2) is 18.2 Å². The van der Waals surface area contributed by atoms with E-state index in [4.69, 9.17) is 9.84 Å². The second kappa shape index (κ2) is 5.02. The summed E-state index contributed by atoms with van der Waals surface area (Å²) in [6, 6.07) is 4.46. The average Bonchev–Trinajstić information content (AvgIpc) is 2.32. The average molecular weight is 239 g/mol. The molecule has 1 heterocycles. The number of aromatic hydroxyl groups is 1. The summed E-state index contributed by atoms with van der Waals surface area (Å²) in [6.07, 6.45) is 2.11. The van der Waals surface area contributed by atoms with E-state index < -0.39 is 5.82 Å². The molecule has 4 heteroatoms. The Morgan fingerprint density at radius 1 is 1.53 bits per heavy atom. The molecular formula is C13H18FNO2. The summed E-state index contributed by atoms with van der Waals surface area (Å²) >= 11 is 0.